The fraction of sp³-hybridized carbons (Fsp3) is 0.292. The highest BCUT2D eigenvalue weighted by atomic mass is 32.2. The molecule has 1 aromatic heterocycles. The zero-order valence-corrected chi connectivity index (χ0v) is 20.2. The number of carbonyl (C=O) groups excluding carboxylic acids is 1. The van der Waals surface area contributed by atoms with Crippen LogP contribution < -0.4 is 5.32 Å². The average Bonchev–Trinajstić information content (AvgIpc) is 3.33. The summed E-state index contributed by atoms with van der Waals surface area (Å²) in [6, 6.07) is 10.4. The number of rotatable bonds is 9. The van der Waals surface area contributed by atoms with E-state index in [1.165, 1.54) is 41.3 Å². The van der Waals surface area contributed by atoms with Crippen LogP contribution in [-0.4, -0.2) is 65.0 Å². The first-order valence-electron chi connectivity index (χ1n) is 10.8. The first-order chi connectivity index (χ1) is 16.9. The van der Waals surface area contributed by atoms with Crippen molar-refractivity contribution in [3.05, 3.63) is 70.6 Å². The summed E-state index contributed by atoms with van der Waals surface area (Å²) < 4.78 is 33.1. The van der Waals surface area contributed by atoms with Crippen LogP contribution in [0.25, 0.3) is 11.3 Å². The number of carboxylic acid groups (broad SMARTS) is 1. The van der Waals surface area contributed by atoms with Crippen LogP contribution in [0.4, 0.5) is 8.78 Å². The maximum absolute atomic E-state index is 13.5. The molecule has 2 N–H and O–H groups in total. The molecular formula is C24H23F2N3O4S2. The van der Waals surface area contributed by atoms with E-state index in [2.05, 4.69) is 15.2 Å². The molecule has 0 spiro atoms. The van der Waals surface area contributed by atoms with Gasteiger partial charge in [0, 0.05) is 37.1 Å². The molecule has 35 heavy (non-hydrogen) atoms. The quantitative estimate of drug-likeness (QED) is 0.415. The van der Waals surface area contributed by atoms with Crippen molar-refractivity contribution in [2.75, 3.05) is 32.0 Å². The predicted molar refractivity (Wildman–Crippen MR) is 130 cm³/mol. The van der Waals surface area contributed by atoms with E-state index in [0.717, 1.165) is 21.7 Å². The lowest BCUT2D eigenvalue weighted by Gasteiger charge is -2.33. The number of thiazole rings is 1. The molecule has 1 aliphatic rings. The van der Waals surface area contributed by atoms with Gasteiger partial charge in [0.15, 0.2) is 16.0 Å². The third-order valence-electron chi connectivity index (χ3n) is 5.38. The molecule has 0 radical (unpaired) electrons. The number of aromatic carboxylic acids is 1. The minimum Gasteiger partial charge on any atom is -0.478 e. The highest BCUT2D eigenvalue weighted by Crippen LogP contribution is 2.28. The fourth-order valence-electron chi connectivity index (χ4n) is 3.59. The second-order valence-electron chi connectivity index (χ2n) is 7.95. The Morgan fingerprint density at radius 1 is 1.20 bits per heavy atom. The van der Waals surface area contributed by atoms with E-state index in [4.69, 9.17) is 9.84 Å². The molecule has 0 aliphatic carbocycles. The van der Waals surface area contributed by atoms with E-state index < -0.39 is 17.6 Å². The van der Waals surface area contributed by atoms with E-state index in [1.807, 2.05) is 5.38 Å². The monoisotopic (exact) mass is 519 g/mol. The minimum absolute atomic E-state index is 0.140. The number of halogens is 2. The summed E-state index contributed by atoms with van der Waals surface area (Å²) in [5.41, 5.74) is 2.44. The highest BCUT2D eigenvalue weighted by molar-refractivity contribution is 8.01. The van der Waals surface area contributed by atoms with Gasteiger partial charge >= 0.3 is 5.97 Å². The molecule has 0 bridgehead atoms. The summed E-state index contributed by atoms with van der Waals surface area (Å²) in [7, 11) is 0. The Balaban J connectivity index is 1.20. The summed E-state index contributed by atoms with van der Waals surface area (Å²) >= 11 is 2.75. The Labute approximate surface area is 209 Å². The molecule has 4 rings (SSSR count). The predicted octanol–water partition coefficient (Wildman–Crippen LogP) is 3.90. The van der Waals surface area contributed by atoms with Crippen LogP contribution in [0.1, 0.15) is 15.9 Å². The molecule has 1 saturated heterocycles. The molecule has 1 atom stereocenters. The second-order valence-corrected chi connectivity index (χ2v) is 10.0. The van der Waals surface area contributed by atoms with Crippen LogP contribution in [0.15, 0.2) is 52.2 Å². The van der Waals surface area contributed by atoms with Gasteiger partial charge in [-0.15, -0.1) is 11.3 Å². The molecule has 1 amide bonds. The summed E-state index contributed by atoms with van der Waals surface area (Å²) in [5, 5.41) is 13.7. The Hall–Kier alpha value is -2.86. The Morgan fingerprint density at radius 3 is 2.74 bits per heavy atom. The van der Waals surface area contributed by atoms with Crippen molar-refractivity contribution in [3.8, 4) is 11.3 Å². The molecule has 7 nitrogen and oxygen atoms in total. The molecule has 2 aromatic carbocycles. The Kier molecular flexibility index (Phi) is 8.45. The first kappa shape index (κ1) is 25.2. The van der Waals surface area contributed by atoms with Crippen LogP contribution >= 0.6 is 23.1 Å². The molecule has 1 fully saturated rings. The van der Waals surface area contributed by atoms with Gasteiger partial charge in [0.1, 0.15) is 0 Å². The third-order valence-corrected chi connectivity index (χ3v) is 7.40. The van der Waals surface area contributed by atoms with Gasteiger partial charge in [-0.1, -0.05) is 30.0 Å². The van der Waals surface area contributed by atoms with E-state index in [9.17, 15) is 18.4 Å². The summed E-state index contributed by atoms with van der Waals surface area (Å²) in [6.45, 7) is 2.57. The van der Waals surface area contributed by atoms with Crippen LogP contribution in [0.2, 0.25) is 0 Å². The van der Waals surface area contributed by atoms with Crippen molar-refractivity contribution >= 4 is 35.0 Å². The Morgan fingerprint density at radius 2 is 2.00 bits per heavy atom. The maximum atomic E-state index is 13.5. The number of hydrogen-bond acceptors (Lipinski definition) is 7. The molecule has 184 valence electrons. The van der Waals surface area contributed by atoms with Gasteiger partial charge in [-0.05, 0) is 29.8 Å². The van der Waals surface area contributed by atoms with Crippen molar-refractivity contribution < 1.29 is 28.2 Å². The molecule has 3 aromatic rings. The normalized spacial score (nSPS) is 16.2. The lowest BCUT2D eigenvalue weighted by molar-refractivity contribution is -0.119. The first-order valence-corrected chi connectivity index (χ1v) is 12.7. The zero-order valence-electron chi connectivity index (χ0n) is 18.6. The zero-order chi connectivity index (χ0) is 24.8. The number of carboxylic acids is 1. The number of benzene rings is 2. The van der Waals surface area contributed by atoms with Gasteiger partial charge in [-0.2, -0.15) is 0 Å². The second kappa shape index (κ2) is 11.7. The molecule has 2 heterocycles. The SMILES string of the molecule is O=C(CSc1nc(-c2ccc(C(=O)O)cc2)cs1)NCC1CN(Cc2ccc(F)c(F)c2)CCO1. The number of hydrogen-bond donors (Lipinski definition) is 2. The summed E-state index contributed by atoms with van der Waals surface area (Å²) in [5.74, 6) is -2.64. The summed E-state index contributed by atoms with van der Waals surface area (Å²) in [4.78, 5) is 29.9. The standard InChI is InChI=1S/C24H23F2N3O4S2/c25-19-6-1-15(9-20(19)26)11-29-7-8-33-18(12-29)10-27-22(30)14-35-24-28-21(13-34-24)16-2-4-17(5-3-16)23(31)32/h1-6,9,13,18H,7-8,10-12,14H2,(H,27,30)(H,31,32). The number of carbonyl (C=O) groups is 2. The smallest absolute Gasteiger partial charge is 0.335 e. The van der Waals surface area contributed by atoms with Crippen LogP contribution in [0.5, 0.6) is 0 Å². The van der Waals surface area contributed by atoms with Gasteiger partial charge in [-0.25, -0.2) is 18.6 Å². The number of ether oxygens (including phenoxy) is 1. The molecule has 0 saturated carbocycles. The molecule has 1 unspecified atom stereocenters. The molecule has 11 heteroatoms. The van der Waals surface area contributed by atoms with Crippen LogP contribution in [0.3, 0.4) is 0 Å². The lowest BCUT2D eigenvalue weighted by Crippen LogP contribution is -2.47. The highest BCUT2D eigenvalue weighted by Gasteiger charge is 2.21. The van der Waals surface area contributed by atoms with Crippen molar-refractivity contribution in [2.24, 2.45) is 0 Å². The number of nitrogens with zero attached hydrogens (tertiary/aromatic N) is 2. The van der Waals surface area contributed by atoms with E-state index in [1.54, 1.807) is 18.2 Å². The number of aromatic nitrogens is 1. The number of nitrogens with one attached hydrogen (secondary N) is 1. The number of morpholine rings is 1. The lowest BCUT2D eigenvalue weighted by atomic mass is 10.1. The largest absolute Gasteiger partial charge is 0.478 e. The maximum Gasteiger partial charge on any atom is 0.335 e. The Bertz CT molecular complexity index is 1190. The van der Waals surface area contributed by atoms with Crippen molar-refractivity contribution in [2.45, 2.75) is 17.0 Å². The van der Waals surface area contributed by atoms with Gasteiger partial charge < -0.3 is 15.2 Å². The average molecular weight is 520 g/mol. The molecular weight excluding hydrogens is 496 g/mol. The van der Waals surface area contributed by atoms with Gasteiger partial charge in [0.2, 0.25) is 5.91 Å². The van der Waals surface area contributed by atoms with Crippen molar-refractivity contribution in [1.29, 1.82) is 0 Å². The minimum atomic E-state index is -0.980. The topological polar surface area (TPSA) is 91.8 Å². The van der Waals surface area contributed by atoms with E-state index >= 15 is 0 Å². The van der Waals surface area contributed by atoms with E-state index in [-0.39, 0.29) is 23.3 Å². The van der Waals surface area contributed by atoms with Crippen molar-refractivity contribution in [1.82, 2.24) is 15.2 Å². The molecule has 1 aliphatic heterocycles. The van der Waals surface area contributed by atoms with E-state index in [0.29, 0.717) is 38.3 Å². The fourth-order valence-corrected chi connectivity index (χ4v) is 5.25. The summed E-state index contributed by atoms with van der Waals surface area (Å²) in [6.07, 6.45) is -0.191. The van der Waals surface area contributed by atoms with Gasteiger partial charge in [-0.3, -0.25) is 9.69 Å². The number of amides is 1. The van der Waals surface area contributed by atoms with Gasteiger partial charge in [0.25, 0.3) is 0 Å². The van der Waals surface area contributed by atoms with Crippen molar-refractivity contribution in [3.63, 3.8) is 0 Å². The van der Waals surface area contributed by atoms with Crippen LogP contribution in [-0.2, 0) is 16.1 Å². The third kappa shape index (κ3) is 7.07. The van der Waals surface area contributed by atoms with Gasteiger partial charge in [0.05, 0.1) is 29.7 Å². The number of thioether (sulfide) groups is 1. The van der Waals surface area contributed by atoms with Crippen LogP contribution in [0, 0.1) is 11.6 Å².